The summed E-state index contributed by atoms with van der Waals surface area (Å²) in [5.41, 5.74) is 8.23. The summed E-state index contributed by atoms with van der Waals surface area (Å²) < 4.78 is 6.58. The molecule has 0 saturated heterocycles. The highest BCUT2D eigenvalue weighted by atomic mass is 79.9. The summed E-state index contributed by atoms with van der Waals surface area (Å²) in [5.74, 6) is 0.976. The van der Waals surface area contributed by atoms with Crippen molar-refractivity contribution in [3.63, 3.8) is 0 Å². The van der Waals surface area contributed by atoms with Crippen LogP contribution in [-0.4, -0.2) is 12.6 Å². The van der Waals surface area contributed by atoms with Crippen LogP contribution < -0.4 is 10.5 Å². The Balaban J connectivity index is 3.20. The Bertz CT molecular complexity index is 369. The Hall–Kier alpha value is -0.540. The van der Waals surface area contributed by atoms with Gasteiger partial charge >= 0.3 is 0 Å². The molecule has 0 aliphatic carbocycles. The van der Waals surface area contributed by atoms with Gasteiger partial charge < -0.3 is 10.5 Å². The van der Waals surface area contributed by atoms with E-state index in [2.05, 4.69) is 35.0 Å². The van der Waals surface area contributed by atoms with Crippen LogP contribution >= 0.6 is 15.9 Å². The molecule has 0 spiro atoms. The summed E-state index contributed by atoms with van der Waals surface area (Å²) in [6, 6.07) is 4.19. The van der Waals surface area contributed by atoms with Crippen molar-refractivity contribution in [1.29, 1.82) is 0 Å². The van der Waals surface area contributed by atoms with Crippen LogP contribution in [0.4, 0.5) is 0 Å². The third kappa shape index (κ3) is 3.49. The molecule has 0 aliphatic rings. The molecule has 0 fully saturated rings. The molecule has 0 amide bonds. The van der Waals surface area contributed by atoms with E-state index in [0.717, 1.165) is 23.1 Å². The Morgan fingerprint density at radius 3 is 2.31 bits per heavy atom. The third-order valence-electron chi connectivity index (χ3n) is 2.44. The fourth-order valence-electron chi connectivity index (χ4n) is 1.86. The standard InChI is InChI=1S/C13H20BrNO/c1-5-9-6-11(14)7-10(12(9)16-4)8-13(2,3)15/h6-7H,5,8,15H2,1-4H3. The van der Waals surface area contributed by atoms with E-state index in [1.54, 1.807) is 7.11 Å². The molecule has 90 valence electrons. The van der Waals surface area contributed by atoms with Crippen LogP contribution in [-0.2, 0) is 12.8 Å². The van der Waals surface area contributed by atoms with Gasteiger partial charge in [0, 0.05) is 10.0 Å². The van der Waals surface area contributed by atoms with Gasteiger partial charge in [-0.2, -0.15) is 0 Å². The van der Waals surface area contributed by atoms with Crippen LogP contribution in [0.15, 0.2) is 16.6 Å². The van der Waals surface area contributed by atoms with E-state index in [4.69, 9.17) is 10.5 Å². The molecule has 1 aromatic rings. The van der Waals surface area contributed by atoms with Gasteiger partial charge in [-0.3, -0.25) is 0 Å². The number of hydrogen-bond donors (Lipinski definition) is 1. The number of nitrogens with two attached hydrogens (primary N) is 1. The second kappa shape index (κ2) is 5.19. The normalized spacial score (nSPS) is 11.6. The first kappa shape index (κ1) is 13.5. The second-order valence-corrected chi connectivity index (χ2v) is 5.69. The summed E-state index contributed by atoms with van der Waals surface area (Å²) in [6.45, 7) is 6.18. The molecule has 3 heteroatoms. The largest absolute Gasteiger partial charge is 0.496 e. The Morgan fingerprint density at radius 2 is 1.88 bits per heavy atom. The average molecular weight is 286 g/mol. The van der Waals surface area contributed by atoms with E-state index < -0.39 is 0 Å². The number of aryl methyl sites for hydroxylation is 1. The van der Waals surface area contributed by atoms with E-state index >= 15 is 0 Å². The lowest BCUT2D eigenvalue weighted by Gasteiger charge is -2.21. The molecule has 0 saturated carbocycles. The molecule has 0 atom stereocenters. The number of ether oxygens (including phenoxy) is 1. The first-order valence-corrected chi connectivity index (χ1v) is 6.31. The van der Waals surface area contributed by atoms with Crippen molar-refractivity contribution in [3.8, 4) is 5.75 Å². The fraction of sp³-hybridized carbons (Fsp3) is 0.538. The molecule has 0 aliphatic heterocycles. The zero-order valence-electron chi connectivity index (χ0n) is 10.4. The SMILES string of the molecule is CCc1cc(Br)cc(CC(C)(C)N)c1OC. The van der Waals surface area contributed by atoms with Crippen molar-refractivity contribution in [3.05, 3.63) is 27.7 Å². The van der Waals surface area contributed by atoms with Crippen molar-refractivity contribution >= 4 is 15.9 Å². The maximum atomic E-state index is 6.06. The van der Waals surface area contributed by atoms with Crippen LogP contribution in [0.5, 0.6) is 5.75 Å². The van der Waals surface area contributed by atoms with E-state index in [1.165, 1.54) is 11.1 Å². The fourth-order valence-corrected chi connectivity index (χ4v) is 2.41. The summed E-state index contributed by atoms with van der Waals surface area (Å²) in [7, 11) is 1.72. The molecule has 0 bridgehead atoms. The van der Waals surface area contributed by atoms with E-state index in [-0.39, 0.29) is 5.54 Å². The molecule has 16 heavy (non-hydrogen) atoms. The van der Waals surface area contributed by atoms with Gasteiger partial charge in [0.25, 0.3) is 0 Å². The first-order chi connectivity index (χ1) is 7.37. The monoisotopic (exact) mass is 285 g/mol. The molecule has 1 aromatic carbocycles. The topological polar surface area (TPSA) is 35.2 Å². The van der Waals surface area contributed by atoms with E-state index in [1.807, 2.05) is 13.8 Å². The number of hydrogen-bond acceptors (Lipinski definition) is 2. The minimum absolute atomic E-state index is 0.223. The Morgan fingerprint density at radius 1 is 1.31 bits per heavy atom. The average Bonchev–Trinajstić information content (AvgIpc) is 2.14. The highest BCUT2D eigenvalue weighted by Crippen LogP contribution is 2.30. The zero-order chi connectivity index (χ0) is 12.3. The predicted octanol–water partition coefficient (Wildman–Crippen LogP) is 3.30. The van der Waals surface area contributed by atoms with Gasteiger partial charge in [0.1, 0.15) is 5.75 Å². The quantitative estimate of drug-likeness (QED) is 0.921. The molecule has 2 N–H and O–H groups in total. The van der Waals surface area contributed by atoms with Gasteiger partial charge in [-0.05, 0) is 49.9 Å². The summed E-state index contributed by atoms with van der Waals surface area (Å²) in [4.78, 5) is 0. The van der Waals surface area contributed by atoms with Gasteiger partial charge in [-0.25, -0.2) is 0 Å². The van der Waals surface area contributed by atoms with Crippen LogP contribution in [0, 0.1) is 0 Å². The molecule has 0 unspecified atom stereocenters. The van der Waals surface area contributed by atoms with Crippen LogP contribution in [0.1, 0.15) is 31.9 Å². The second-order valence-electron chi connectivity index (χ2n) is 4.78. The lowest BCUT2D eigenvalue weighted by molar-refractivity contribution is 0.397. The molecule has 0 aromatic heterocycles. The molecule has 0 heterocycles. The summed E-state index contributed by atoms with van der Waals surface area (Å²) in [5, 5.41) is 0. The third-order valence-corrected chi connectivity index (χ3v) is 2.90. The number of halogens is 1. The molecule has 0 radical (unpaired) electrons. The maximum absolute atomic E-state index is 6.06. The van der Waals surface area contributed by atoms with Crippen LogP contribution in [0.25, 0.3) is 0 Å². The van der Waals surface area contributed by atoms with Crippen molar-refractivity contribution in [1.82, 2.24) is 0 Å². The number of methoxy groups -OCH3 is 1. The molecular weight excluding hydrogens is 266 g/mol. The van der Waals surface area contributed by atoms with E-state index in [9.17, 15) is 0 Å². The minimum atomic E-state index is -0.223. The van der Waals surface area contributed by atoms with Gasteiger partial charge in [0.05, 0.1) is 7.11 Å². The Labute approximate surface area is 106 Å². The van der Waals surface area contributed by atoms with Crippen molar-refractivity contribution in [2.75, 3.05) is 7.11 Å². The highest BCUT2D eigenvalue weighted by Gasteiger charge is 2.17. The van der Waals surface area contributed by atoms with Crippen molar-refractivity contribution < 1.29 is 4.74 Å². The van der Waals surface area contributed by atoms with Crippen molar-refractivity contribution in [2.24, 2.45) is 5.73 Å². The van der Waals surface area contributed by atoms with Crippen LogP contribution in [0.3, 0.4) is 0 Å². The predicted molar refractivity (Wildman–Crippen MR) is 72.0 cm³/mol. The van der Waals surface area contributed by atoms with Crippen molar-refractivity contribution in [2.45, 2.75) is 39.2 Å². The molecular formula is C13H20BrNO. The Kier molecular flexibility index (Phi) is 4.39. The van der Waals surface area contributed by atoms with Gasteiger partial charge in [-0.1, -0.05) is 22.9 Å². The van der Waals surface area contributed by atoms with Gasteiger partial charge in [0.2, 0.25) is 0 Å². The number of benzene rings is 1. The summed E-state index contributed by atoms with van der Waals surface area (Å²) >= 11 is 3.53. The lowest BCUT2D eigenvalue weighted by atomic mass is 9.94. The highest BCUT2D eigenvalue weighted by molar-refractivity contribution is 9.10. The smallest absolute Gasteiger partial charge is 0.125 e. The van der Waals surface area contributed by atoms with Crippen LogP contribution in [0.2, 0.25) is 0 Å². The first-order valence-electron chi connectivity index (χ1n) is 5.51. The minimum Gasteiger partial charge on any atom is -0.496 e. The van der Waals surface area contributed by atoms with E-state index in [0.29, 0.717) is 0 Å². The van der Waals surface area contributed by atoms with Gasteiger partial charge in [-0.15, -0.1) is 0 Å². The zero-order valence-corrected chi connectivity index (χ0v) is 12.0. The number of rotatable bonds is 4. The summed E-state index contributed by atoms with van der Waals surface area (Å²) in [6.07, 6.45) is 1.77. The molecule has 1 rings (SSSR count). The van der Waals surface area contributed by atoms with Gasteiger partial charge in [0.15, 0.2) is 0 Å². The lowest BCUT2D eigenvalue weighted by Crippen LogP contribution is -2.34. The maximum Gasteiger partial charge on any atom is 0.125 e. The molecule has 2 nitrogen and oxygen atoms in total.